The molecule has 1 N–H and O–H groups in total. The highest BCUT2D eigenvalue weighted by molar-refractivity contribution is 5.68. The van der Waals surface area contributed by atoms with Crippen LogP contribution >= 0.6 is 0 Å². The molecule has 0 radical (unpaired) electrons. The summed E-state index contributed by atoms with van der Waals surface area (Å²) in [4.78, 5) is 17.9. The molecule has 1 aliphatic rings. The minimum atomic E-state index is -0.453. The van der Waals surface area contributed by atoms with Gasteiger partial charge in [0, 0.05) is 32.0 Å². The third-order valence-electron chi connectivity index (χ3n) is 2.91. The summed E-state index contributed by atoms with van der Waals surface area (Å²) in [6.07, 6.45) is 3.33. The van der Waals surface area contributed by atoms with Crippen LogP contribution in [0, 0.1) is 0 Å². The first kappa shape index (κ1) is 13.8. The third kappa shape index (κ3) is 3.92. The Morgan fingerprint density at radius 3 is 2.95 bits per heavy atom. The van der Waals surface area contributed by atoms with Crippen LogP contribution < -0.4 is 5.32 Å². The highest BCUT2D eigenvalue weighted by atomic mass is 16.6. The van der Waals surface area contributed by atoms with Crippen LogP contribution in [0.3, 0.4) is 0 Å². The molecular formula is C14H21N3O2. The van der Waals surface area contributed by atoms with Gasteiger partial charge in [-0.05, 0) is 32.4 Å². The Labute approximate surface area is 114 Å². The number of hydrogen-bond donors (Lipinski definition) is 1. The molecule has 2 rings (SSSR count). The van der Waals surface area contributed by atoms with E-state index in [1.54, 1.807) is 11.1 Å². The minimum Gasteiger partial charge on any atom is -0.444 e. The number of rotatable bonds is 1. The van der Waals surface area contributed by atoms with Gasteiger partial charge in [0.25, 0.3) is 0 Å². The van der Waals surface area contributed by atoms with Gasteiger partial charge in [0.15, 0.2) is 0 Å². The second-order valence-electron chi connectivity index (χ2n) is 5.72. The number of aromatic nitrogens is 1. The van der Waals surface area contributed by atoms with Crippen molar-refractivity contribution in [1.29, 1.82) is 0 Å². The maximum absolute atomic E-state index is 12.1. The Balaban J connectivity index is 2.00. The van der Waals surface area contributed by atoms with Crippen LogP contribution in [0.1, 0.15) is 32.4 Å². The fraction of sp³-hybridized carbons (Fsp3) is 0.571. The quantitative estimate of drug-likeness (QED) is 0.841. The predicted molar refractivity (Wildman–Crippen MR) is 72.8 cm³/mol. The van der Waals surface area contributed by atoms with Crippen LogP contribution in [0.25, 0.3) is 0 Å². The molecule has 104 valence electrons. The van der Waals surface area contributed by atoms with Gasteiger partial charge in [-0.1, -0.05) is 6.07 Å². The number of nitrogens with one attached hydrogen (secondary N) is 1. The number of carbonyl (C=O) groups is 1. The number of pyridine rings is 1. The molecule has 1 aromatic heterocycles. The maximum Gasteiger partial charge on any atom is 0.410 e. The molecule has 0 saturated carbocycles. The summed E-state index contributed by atoms with van der Waals surface area (Å²) in [5, 5.41) is 3.39. The first-order valence-electron chi connectivity index (χ1n) is 6.57. The van der Waals surface area contributed by atoms with Crippen LogP contribution in [-0.2, 0) is 4.74 Å². The lowest BCUT2D eigenvalue weighted by Crippen LogP contribution is -2.49. The number of piperazine rings is 1. The maximum atomic E-state index is 12.1. The molecule has 1 amide bonds. The van der Waals surface area contributed by atoms with E-state index in [4.69, 9.17) is 4.74 Å². The molecular weight excluding hydrogens is 242 g/mol. The molecule has 19 heavy (non-hydrogen) atoms. The van der Waals surface area contributed by atoms with Crippen LogP contribution in [0.4, 0.5) is 4.79 Å². The Morgan fingerprint density at radius 1 is 1.53 bits per heavy atom. The van der Waals surface area contributed by atoms with Crippen molar-refractivity contribution in [3.05, 3.63) is 30.1 Å². The highest BCUT2D eigenvalue weighted by Gasteiger charge is 2.27. The van der Waals surface area contributed by atoms with E-state index in [9.17, 15) is 4.79 Å². The average molecular weight is 263 g/mol. The van der Waals surface area contributed by atoms with Gasteiger partial charge in [0.2, 0.25) is 0 Å². The molecule has 0 bridgehead atoms. The summed E-state index contributed by atoms with van der Waals surface area (Å²) >= 11 is 0. The lowest BCUT2D eigenvalue weighted by atomic mass is 10.1. The molecule has 0 aliphatic carbocycles. The van der Waals surface area contributed by atoms with Crippen molar-refractivity contribution in [2.24, 2.45) is 0 Å². The first-order valence-corrected chi connectivity index (χ1v) is 6.57. The predicted octanol–water partition coefficient (Wildman–Crippen LogP) is 1.96. The van der Waals surface area contributed by atoms with Crippen LogP contribution in [0.2, 0.25) is 0 Å². The summed E-state index contributed by atoms with van der Waals surface area (Å²) in [5.41, 5.74) is 0.641. The van der Waals surface area contributed by atoms with Gasteiger partial charge in [-0.2, -0.15) is 0 Å². The number of nitrogens with zero attached hydrogens (tertiary/aromatic N) is 2. The van der Waals surface area contributed by atoms with Crippen molar-refractivity contribution in [2.75, 3.05) is 19.6 Å². The molecule has 5 heteroatoms. The van der Waals surface area contributed by atoms with Gasteiger partial charge in [-0.15, -0.1) is 0 Å². The lowest BCUT2D eigenvalue weighted by molar-refractivity contribution is 0.0195. The van der Waals surface area contributed by atoms with E-state index in [1.807, 2.05) is 39.1 Å². The zero-order valence-corrected chi connectivity index (χ0v) is 11.7. The van der Waals surface area contributed by atoms with Crippen molar-refractivity contribution in [3.63, 3.8) is 0 Å². The number of ether oxygens (including phenoxy) is 1. The van der Waals surface area contributed by atoms with Gasteiger partial charge in [0.1, 0.15) is 5.60 Å². The summed E-state index contributed by atoms with van der Waals surface area (Å²) in [5.74, 6) is 0. The van der Waals surface area contributed by atoms with E-state index in [0.29, 0.717) is 13.1 Å². The molecule has 1 atom stereocenters. The summed E-state index contributed by atoms with van der Waals surface area (Å²) < 4.78 is 5.40. The zero-order chi connectivity index (χ0) is 13.9. The van der Waals surface area contributed by atoms with Crippen molar-refractivity contribution in [1.82, 2.24) is 15.2 Å². The molecule has 2 heterocycles. The monoisotopic (exact) mass is 263 g/mol. The lowest BCUT2D eigenvalue weighted by Gasteiger charge is -2.34. The van der Waals surface area contributed by atoms with Crippen LogP contribution in [0.15, 0.2) is 24.5 Å². The number of hydrogen-bond acceptors (Lipinski definition) is 4. The Morgan fingerprint density at radius 2 is 2.32 bits per heavy atom. The van der Waals surface area contributed by atoms with E-state index in [1.165, 1.54) is 0 Å². The second-order valence-corrected chi connectivity index (χ2v) is 5.72. The van der Waals surface area contributed by atoms with Crippen molar-refractivity contribution in [2.45, 2.75) is 32.4 Å². The topological polar surface area (TPSA) is 54.5 Å². The van der Waals surface area contributed by atoms with E-state index >= 15 is 0 Å². The Hall–Kier alpha value is -1.62. The molecule has 5 nitrogen and oxygen atoms in total. The van der Waals surface area contributed by atoms with Crippen LogP contribution in [-0.4, -0.2) is 41.2 Å². The van der Waals surface area contributed by atoms with E-state index in [0.717, 1.165) is 12.1 Å². The fourth-order valence-corrected chi connectivity index (χ4v) is 2.05. The normalized spacial score (nSPS) is 20.2. The largest absolute Gasteiger partial charge is 0.444 e. The van der Waals surface area contributed by atoms with Crippen molar-refractivity contribution in [3.8, 4) is 0 Å². The average Bonchev–Trinajstić information content (AvgIpc) is 2.38. The van der Waals surface area contributed by atoms with E-state index in [2.05, 4.69) is 10.3 Å². The standard InChI is InChI=1S/C14H21N3O2/c1-14(2,3)19-13(18)17-8-7-16-12(10-17)11-5-4-6-15-9-11/h4-6,9,12,16H,7-8,10H2,1-3H3/t12-/m1/s1. The van der Waals surface area contributed by atoms with Crippen molar-refractivity contribution < 1.29 is 9.53 Å². The molecule has 1 fully saturated rings. The van der Waals surface area contributed by atoms with Gasteiger partial charge in [-0.3, -0.25) is 4.98 Å². The summed E-state index contributed by atoms with van der Waals surface area (Å²) in [6.45, 7) is 7.69. The van der Waals surface area contributed by atoms with Crippen LogP contribution in [0.5, 0.6) is 0 Å². The number of carbonyl (C=O) groups excluding carboxylic acids is 1. The third-order valence-corrected chi connectivity index (χ3v) is 2.91. The Kier molecular flexibility index (Phi) is 4.04. The molecule has 1 aromatic rings. The van der Waals surface area contributed by atoms with E-state index in [-0.39, 0.29) is 12.1 Å². The van der Waals surface area contributed by atoms with Crippen molar-refractivity contribution >= 4 is 6.09 Å². The van der Waals surface area contributed by atoms with Gasteiger partial charge < -0.3 is 15.0 Å². The first-order chi connectivity index (χ1) is 8.96. The number of amides is 1. The second kappa shape index (κ2) is 5.57. The van der Waals surface area contributed by atoms with Gasteiger partial charge in [0.05, 0.1) is 6.04 Å². The van der Waals surface area contributed by atoms with Gasteiger partial charge >= 0.3 is 6.09 Å². The van der Waals surface area contributed by atoms with E-state index < -0.39 is 5.60 Å². The Bertz CT molecular complexity index is 428. The highest BCUT2D eigenvalue weighted by Crippen LogP contribution is 2.18. The molecule has 1 aliphatic heterocycles. The molecule has 1 saturated heterocycles. The van der Waals surface area contributed by atoms with Gasteiger partial charge in [-0.25, -0.2) is 4.79 Å². The minimum absolute atomic E-state index is 0.120. The summed E-state index contributed by atoms with van der Waals surface area (Å²) in [6, 6.07) is 4.04. The molecule has 0 spiro atoms. The molecule has 0 aromatic carbocycles. The smallest absolute Gasteiger partial charge is 0.410 e. The zero-order valence-electron chi connectivity index (χ0n) is 11.7. The fourth-order valence-electron chi connectivity index (χ4n) is 2.05. The molecule has 0 unspecified atom stereocenters. The summed E-state index contributed by atoms with van der Waals surface area (Å²) in [7, 11) is 0. The SMILES string of the molecule is CC(C)(C)OC(=O)N1CCN[C@@H](c2cccnc2)C1.